The quantitative estimate of drug-likeness (QED) is 0.780. The Kier molecular flexibility index (Phi) is 5.02. The first-order chi connectivity index (χ1) is 10.0. The van der Waals surface area contributed by atoms with Crippen LogP contribution in [0.4, 0.5) is 0 Å². The number of carboxylic acid groups (broad SMARTS) is 1. The number of hydrogen-bond acceptors (Lipinski definition) is 2. The Morgan fingerprint density at radius 2 is 2.00 bits per heavy atom. The first-order valence-electron chi connectivity index (χ1n) is 6.82. The molecule has 0 radical (unpaired) electrons. The van der Waals surface area contributed by atoms with E-state index in [0.717, 1.165) is 17.7 Å². The summed E-state index contributed by atoms with van der Waals surface area (Å²) in [6.45, 7) is 4.30. The molecule has 2 aromatic rings. The molecule has 1 unspecified atom stereocenters. The molecule has 0 heterocycles. The third-order valence-corrected chi connectivity index (χ3v) is 4.12. The van der Waals surface area contributed by atoms with Gasteiger partial charge in [-0.2, -0.15) is 0 Å². The Balaban J connectivity index is 2.31. The van der Waals surface area contributed by atoms with E-state index in [1.54, 1.807) is 12.1 Å². The molecular formula is C17H17BrO3. The molecular weight excluding hydrogens is 332 g/mol. The van der Waals surface area contributed by atoms with E-state index in [9.17, 15) is 4.79 Å². The van der Waals surface area contributed by atoms with Gasteiger partial charge in [0, 0.05) is 4.47 Å². The van der Waals surface area contributed by atoms with Crippen molar-refractivity contribution in [3.63, 3.8) is 0 Å². The summed E-state index contributed by atoms with van der Waals surface area (Å²) >= 11 is 3.26. The third kappa shape index (κ3) is 3.64. The predicted octanol–water partition coefficient (Wildman–Crippen LogP) is 5.45. The second-order valence-corrected chi connectivity index (χ2v) is 5.75. The number of aromatic carboxylic acids is 1. The van der Waals surface area contributed by atoms with Crippen molar-refractivity contribution in [2.24, 2.45) is 0 Å². The van der Waals surface area contributed by atoms with Crippen molar-refractivity contribution in [2.75, 3.05) is 0 Å². The van der Waals surface area contributed by atoms with Crippen LogP contribution in [0.3, 0.4) is 0 Å². The number of rotatable bonds is 5. The summed E-state index contributed by atoms with van der Waals surface area (Å²) in [5, 5.41) is 9.02. The van der Waals surface area contributed by atoms with E-state index in [0.29, 0.717) is 16.1 Å². The lowest BCUT2D eigenvalue weighted by atomic mass is 9.98. The molecule has 0 spiro atoms. The Bertz CT molecular complexity index is 652. The molecule has 2 aromatic carbocycles. The van der Waals surface area contributed by atoms with Gasteiger partial charge in [0.25, 0.3) is 0 Å². The second kappa shape index (κ2) is 6.76. The molecule has 1 atom stereocenters. The number of halogens is 1. The highest BCUT2D eigenvalue weighted by molar-refractivity contribution is 9.10. The van der Waals surface area contributed by atoms with Crippen LogP contribution in [0.25, 0.3) is 0 Å². The van der Waals surface area contributed by atoms with E-state index in [-0.39, 0.29) is 5.56 Å². The lowest BCUT2D eigenvalue weighted by Crippen LogP contribution is -1.99. The Hall–Kier alpha value is -1.81. The summed E-state index contributed by atoms with van der Waals surface area (Å²) in [6.07, 6.45) is 1.03. The van der Waals surface area contributed by atoms with E-state index in [1.807, 2.05) is 18.2 Å². The van der Waals surface area contributed by atoms with Gasteiger partial charge in [-0.3, -0.25) is 0 Å². The topological polar surface area (TPSA) is 46.5 Å². The molecule has 0 saturated carbocycles. The van der Waals surface area contributed by atoms with Crippen molar-refractivity contribution in [2.45, 2.75) is 26.2 Å². The van der Waals surface area contributed by atoms with Gasteiger partial charge in [0.05, 0.1) is 5.56 Å². The zero-order chi connectivity index (χ0) is 15.4. The summed E-state index contributed by atoms with van der Waals surface area (Å²) < 4.78 is 6.43. The Labute approximate surface area is 132 Å². The molecule has 3 nitrogen and oxygen atoms in total. The van der Waals surface area contributed by atoms with Gasteiger partial charge in [-0.15, -0.1) is 0 Å². The highest BCUT2D eigenvalue weighted by Gasteiger charge is 2.12. The second-order valence-electron chi connectivity index (χ2n) is 4.90. The molecule has 0 saturated heterocycles. The Morgan fingerprint density at radius 3 is 2.62 bits per heavy atom. The number of benzene rings is 2. The molecule has 110 valence electrons. The van der Waals surface area contributed by atoms with Crippen molar-refractivity contribution >= 4 is 21.9 Å². The van der Waals surface area contributed by atoms with E-state index >= 15 is 0 Å². The molecule has 0 fully saturated rings. The Morgan fingerprint density at radius 1 is 1.29 bits per heavy atom. The maximum absolute atomic E-state index is 11.0. The summed E-state index contributed by atoms with van der Waals surface area (Å²) in [7, 11) is 0. The average Bonchev–Trinajstić information content (AvgIpc) is 2.46. The highest BCUT2D eigenvalue weighted by atomic mass is 79.9. The first-order valence-corrected chi connectivity index (χ1v) is 7.61. The van der Waals surface area contributed by atoms with E-state index in [1.165, 1.54) is 6.07 Å². The maximum atomic E-state index is 11.0. The predicted molar refractivity (Wildman–Crippen MR) is 86.3 cm³/mol. The molecule has 0 aliphatic heterocycles. The van der Waals surface area contributed by atoms with Crippen molar-refractivity contribution < 1.29 is 14.6 Å². The largest absolute Gasteiger partial charge is 0.478 e. The standard InChI is InChI=1S/C17H17BrO3/c1-3-11(2)13-6-4-5-7-16(13)21-12-8-9-14(17(19)20)15(18)10-12/h4-11H,3H2,1-2H3,(H,19,20). The molecule has 0 bridgehead atoms. The fraction of sp³-hybridized carbons (Fsp3) is 0.235. The van der Waals surface area contributed by atoms with Crippen LogP contribution in [0.5, 0.6) is 11.5 Å². The normalized spacial score (nSPS) is 12.0. The van der Waals surface area contributed by atoms with Gasteiger partial charge < -0.3 is 9.84 Å². The molecule has 0 amide bonds. The number of carboxylic acids is 1. The molecule has 0 aliphatic carbocycles. The molecule has 0 aromatic heterocycles. The summed E-state index contributed by atoms with van der Waals surface area (Å²) in [6, 6.07) is 12.8. The van der Waals surface area contributed by atoms with Gasteiger partial charge in [0.15, 0.2) is 0 Å². The van der Waals surface area contributed by atoms with E-state index < -0.39 is 5.97 Å². The molecule has 4 heteroatoms. The van der Waals surface area contributed by atoms with Gasteiger partial charge in [-0.1, -0.05) is 32.0 Å². The third-order valence-electron chi connectivity index (χ3n) is 3.46. The van der Waals surface area contributed by atoms with Gasteiger partial charge in [0.1, 0.15) is 11.5 Å². The summed E-state index contributed by atoms with van der Waals surface area (Å²) in [5.74, 6) is 0.862. The molecule has 0 aliphatic rings. The minimum absolute atomic E-state index is 0.220. The van der Waals surface area contributed by atoms with Gasteiger partial charge >= 0.3 is 5.97 Å². The number of carbonyl (C=O) groups is 1. The highest BCUT2D eigenvalue weighted by Crippen LogP contribution is 2.33. The van der Waals surface area contributed by atoms with Crippen molar-refractivity contribution in [3.05, 3.63) is 58.1 Å². The van der Waals surface area contributed by atoms with Crippen LogP contribution < -0.4 is 4.74 Å². The maximum Gasteiger partial charge on any atom is 0.336 e. The zero-order valence-corrected chi connectivity index (χ0v) is 13.6. The van der Waals surface area contributed by atoms with E-state index in [2.05, 4.69) is 35.8 Å². The molecule has 2 rings (SSSR count). The number of ether oxygens (including phenoxy) is 1. The van der Waals surface area contributed by atoms with Crippen LogP contribution in [-0.2, 0) is 0 Å². The zero-order valence-electron chi connectivity index (χ0n) is 12.0. The van der Waals surface area contributed by atoms with Gasteiger partial charge in [0.2, 0.25) is 0 Å². The monoisotopic (exact) mass is 348 g/mol. The van der Waals surface area contributed by atoms with Gasteiger partial charge in [-0.25, -0.2) is 4.79 Å². The van der Waals surface area contributed by atoms with Crippen molar-refractivity contribution in [1.82, 2.24) is 0 Å². The van der Waals surface area contributed by atoms with Crippen LogP contribution in [0.2, 0.25) is 0 Å². The first kappa shape index (κ1) is 15.6. The smallest absolute Gasteiger partial charge is 0.336 e. The fourth-order valence-electron chi connectivity index (χ4n) is 2.06. The summed E-state index contributed by atoms with van der Waals surface area (Å²) in [4.78, 5) is 11.0. The fourth-order valence-corrected chi connectivity index (χ4v) is 2.59. The molecule has 21 heavy (non-hydrogen) atoms. The lowest BCUT2D eigenvalue weighted by Gasteiger charge is -2.15. The van der Waals surface area contributed by atoms with Crippen LogP contribution in [0, 0.1) is 0 Å². The van der Waals surface area contributed by atoms with Gasteiger partial charge in [-0.05, 0) is 58.1 Å². The number of para-hydroxylation sites is 1. The van der Waals surface area contributed by atoms with E-state index in [4.69, 9.17) is 9.84 Å². The van der Waals surface area contributed by atoms with Crippen LogP contribution in [0.15, 0.2) is 46.9 Å². The van der Waals surface area contributed by atoms with Crippen LogP contribution >= 0.6 is 15.9 Å². The minimum atomic E-state index is -0.964. The minimum Gasteiger partial charge on any atom is -0.478 e. The summed E-state index contributed by atoms with van der Waals surface area (Å²) in [5.41, 5.74) is 1.37. The van der Waals surface area contributed by atoms with Crippen molar-refractivity contribution in [3.8, 4) is 11.5 Å². The SMILES string of the molecule is CCC(C)c1ccccc1Oc1ccc(C(=O)O)c(Br)c1. The van der Waals surface area contributed by atoms with Crippen molar-refractivity contribution in [1.29, 1.82) is 0 Å². The molecule has 1 N–H and O–H groups in total. The lowest BCUT2D eigenvalue weighted by molar-refractivity contribution is 0.0696. The van der Waals surface area contributed by atoms with Crippen LogP contribution in [-0.4, -0.2) is 11.1 Å². The van der Waals surface area contributed by atoms with Crippen LogP contribution in [0.1, 0.15) is 42.1 Å². The average molecular weight is 349 g/mol. The number of hydrogen-bond donors (Lipinski definition) is 1.